The van der Waals surface area contributed by atoms with Crippen LogP contribution in [0.25, 0.3) is 34.1 Å². The summed E-state index contributed by atoms with van der Waals surface area (Å²) in [6.07, 6.45) is 7.10. The molecule has 54 heavy (non-hydrogen) atoms. The van der Waals surface area contributed by atoms with E-state index in [0.717, 1.165) is 27.5 Å². The summed E-state index contributed by atoms with van der Waals surface area (Å²) < 4.78 is 17.7. The molecule has 4 aromatic rings. The Kier molecular flexibility index (Phi) is 14.2. The third kappa shape index (κ3) is 11.1. The minimum absolute atomic E-state index is 0.0110. The molecule has 0 aliphatic carbocycles. The molecule has 0 heterocycles. The lowest BCUT2D eigenvalue weighted by Crippen LogP contribution is -2.46. The fraction of sp³-hybridized carbons (Fsp3) is 0.256. The number of carbonyl (C=O) groups is 4. The lowest BCUT2D eigenvalue weighted by atomic mass is 9.90. The standard InChI is InChI=1S/C43H47N3O8/c1-7-14-32-28(9-3)20-22-36(38(32)39-33-18-11-10-15-29(33)21-23-35(39)52-25-8-2)53-27-37(47)46-34(19-13-24-44-42(51)54-43(4,5)6)40(48)45-31-17-12-16-30(26-31)41(49)50/h7-12,14-18,20-23,26,34H,2-3,13,19,24-25,27H2,1,4-6H3,(H,44,51)(H,45,48)(H,46,47)(H,49,50)/b14-7-/t34-/m1/s1. The number of anilines is 1. The maximum absolute atomic E-state index is 13.6. The first-order valence-electron chi connectivity index (χ1n) is 17.6. The van der Waals surface area contributed by atoms with Crippen molar-refractivity contribution in [2.75, 3.05) is 25.1 Å². The molecule has 0 bridgehead atoms. The Morgan fingerprint density at radius 3 is 2.35 bits per heavy atom. The van der Waals surface area contributed by atoms with E-state index in [1.54, 1.807) is 45.1 Å². The molecule has 0 fully saturated rings. The molecule has 3 amide bonds. The van der Waals surface area contributed by atoms with Crippen LogP contribution in [0.5, 0.6) is 11.5 Å². The zero-order valence-corrected chi connectivity index (χ0v) is 31.1. The van der Waals surface area contributed by atoms with Crippen molar-refractivity contribution >= 4 is 52.5 Å². The summed E-state index contributed by atoms with van der Waals surface area (Å²) in [7, 11) is 0. The normalized spacial score (nSPS) is 11.7. The van der Waals surface area contributed by atoms with Gasteiger partial charge < -0.3 is 35.3 Å². The molecule has 11 nitrogen and oxygen atoms in total. The summed E-state index contributed by atoms with van der Waals surface area (Å²) >= 11 is 0. The van der Waals surface area contributed by atoms with E-state index >= 15 is 0 Å². The van der Waals surface area contributed by atoms with E-state index in [-0.39, 0.29) is 30.8 Å². The molecule has 11 heteroatoms. The number of carboxylic acid groups (broad SMARTS) is 1. The fourth-order valence-electron chi connectivity index (χ4n) is 5.71. The molecule has 0 aliphatic heterocycles. The molecular formula is C43H47N3O8. The van der Waals surface area contributed by atoms with Crippen molar-refractivity contribution < 1.29 is 38.5 Å². The summed E-state index contributed by atoms with van der Waals surface area (Å²) in [4.78, 5) is 50.8. The van der Waals surface area contributed by atoms with Crippen LogP contribution < -0.4 is 25.4 Å². The third-order valence-electron chi connectivity index (χ3n) is 8.02. The highest BCUT2D eigenvalue weighted by Crippen LogP contribution is 2.45. The van der Waals surface area contributed by atoms with Gasteiger partial charge >= 0.3 is 12.1 Å². The number of carbonyl (C=O) groups excluding carboxylic acids is 3. The highest BCUT2D eigenvalue weighted by atomic mass is 16.6. The van der Waals surface area contributed by atoms with Crippen LogP contribution in [0.4, 0.5) is 10.5 Å². The van der Waals surface area contributed by atoms with Crippen LogP contribution in [0.2, 0.25) is 0 Å². The van der Waals surface area contributed by atoms with Crippen molar-refractivity contribution in [3.05, 3.63) is 115 Å². The molecule has 4 N–H and O–H groups in total. The van der Waals surface area contributed by atoms with Crippen LogP contribution in [0.3, 0.4) is 0 Å². The van der Waals surface area contributed by atoms with Gasteiger partial charge in [0.15, 0.2) is 6.61 Å². The van der Waals surface area contributed by atoms with Gasteiger partial charge in [0.05, 0.1) is 5.56 Å². The van der Waals surface area contributed by atoms with Crippen LogP contribution in [0.15, 0.2) is 98.1 Å². The van der Waals surface area contributed by atoms with Gasteiger partial charge in [0.1, 0.15) is 29.7 Å². The zero-order valence-electron chi connectivity index (χ0n) is 31.1. The summed E-state index contributed by atoms with van der Waals surface area (Å²) in [5.41, 5.74) is 2.65. The number of amides is 3. The largest absolute Gasteiger partial charge is 0.489 e. The predicted octanol–water partition coefficient (Wildman–Crippen LogP) is 8.25. The first kappa shape index (κ1) is 40.4. The number of hydrogen-bond donors (Lipinski definition) is 4. The van der Waals surface area contributed by atoms with Gasteiger partial charge in [0.25, 0.3) is 5.91 Å². The van der Waals surface area contributed by atoms with Gasteiger partial charge in [0, 0.05) is 23.4 Å². The SMILES string of the molecule is C=CCOc1ccc2ccccc2c1-c1c(OCC(=O)N[C@H](CCCNC(=O)OC(C)(C)C)C(=O)Nc2cccc(C(=O)O)c2)ccc(C=C)c1/C=C\C. The molecule has 0 aromatic heterocycles. The van der Waals surface area contributed by atoms with Crippen molar-refractivity contribution in [2.24, 2.45) is 0 Å². The fourth-order valence-corrected chi connectivity index (χ4v) is 5.71. The maximum atomic E-state index is 13.6. The Labute approximate surface area is 315 Å². The summed E-state index contributed by atoms with van der Waals surface area (Å²) in [6.45, 7) is 15.0. The van der Waals surface area contributed by atoms with Gasteiger partial charge in [-0.1, -0.05) is 79.9 Å². The maximum Gasteiger partial charge on any atom is 0.407 e. The molecule has 4 aromatic carbocycles. The summed E-state index contributed by atoms with van der Waals surface area (Å²) in [5, 5.41) is 19.4. The molecule has 0 spiro atoms. The van der Waals surface area contributed by atoms with Crippen LogP contribution in [-0.4, -0.2) is 60.4 Å². The highest BCUT2D eigenvalue weighted by molar-refractivity contribution is 6.04. The number of benzene rings is 4. The molecule has 0 radical (unpaired) electrons. The molecule has 0 saturated carbocycles. The number of alkyl carbamates (subject to hydrolysis) is 1. The number of ether oxygens (including phenoxy) is 3. The van der Waals surface area contributed by atoms with E-state index in [1.165, 1.54) is 18.2 Å². The number of carboxylic acids is 1. The Morgan fingerprint density at radius 1 is 0.907 bits per heavy atom. The van der Waals surface area contributed by atoms with Gasteiger partial charge in [0.2, 0.25) is 5.91 Å². The van der Waals surface area contributed by atoms with E-state index in [9.17, 15) is 24.3 Å². The van der Waals surface area contributed by atoms with E-state index in [2.05, 4.69) is 29.1 Å². The molecule has 0 aliphatic rings. The second-order valence-electron chi connectivity index (χ2n) is 13.3. The van der Waals surface area contributed by atoms with Crippen molar-refractivity contribution in [2.45, 2.75) is 52.2 Å². The molecular weight excluding hydrogens is 686 g/mol. The number of nitrogens with one attached hydrogen (secondary N) is 3. The Morgan fingerprint density at radius 2 is 1.65 bits per heavy atom. The van der Waals surface area contributed by atoms with Gasteiger partial charge in [-0.05, 0) is 92.8 Å². The van der Waals surface area contributed by atoms with E-state index < -0.39 is 42.1 Å². The van der Waals surface area contributed by atoms with Crippen LogP contribution in [0, 0.1) is 0 Å². The highest BCUT2D eigenvalue weighted by Gasteiger charge is 2.24. The van der Waals surface area contributed by atoms with E-state index in [4.69, 9.17) is 14.2 Å². The number of rotatable bonds is 17. The topological polar surface area (TPSA) is 152 Å². The number of aromatic carboxylic acids is 1. The monoisotopic (exact) mass is 733 g/mol. The van der Waals surface area contributed by atoms with Gasteiger partial charge in [-0.3, -0.25) is 9.59 Å². The molecule has 4 rings (SSSR count). The minimum Gasteiger partial charge on any atom is -0.489 e. The Balaban J connectivity index is 1.63. The second-order valence-corrected chi connectivity index (χ2v) is 13.3. The molecule has 282 valence electrons. The van der Waals surface area contributed by atoms with Crippen molar-refractivity contribution in [1.29, 1.82) is 0 Å². The molecule has 1 atom stereocenters. The van der Waals surface area contributed by atoms with Gasteiger partial charge in [-0.2, -0.15) is 0 Å². The van der Waals surface area contributed by atoms with Crippen molar-refractivity contribution in [3.63, 3.8) is 0 Å². The lowest BCUT2D eigenvalue weighted by Gasteiger charge is -2.22. The van der Waals surface area contributed by atoms with E-state index in [0.29, 0.717) is 23.5 Å². The van der Waals surface area contributed by atoms with Crippen molar-refractivity contribution in [1.82, 2.24) is 10.6 Å². The van der Waals surface area contributed by atoms with Gasteiger partial charge in [-0.25, -0.2) is 9.59 Å². The Hall–Kier alpha value is -6.36. The number of allylic oxidation sites excluding steroid dienone is 1. The van der Waals surface area contributed by atoms with Crippen LogP contribution in [-0.2, 0) is 14.3 Å². The smallest absolute Gasteiger partial charge is 0.407 e. The summed E-state index contributed by atoms with van der Waals surface area (Å²) in [5.74, 6) is -1.31. The van der Waals surface area contributed by atoms with Crippen LogP contribution in [0.1, 0.15) is 62.0 Å². The lowest BCUT2D eigenvalue weighted by molar-refractivity contribution is -0.128. The first-order chi connectivity index (χ1) is 25.8. The molecule has 0 unspecified atom stereocenters. The average molecular weight is 734 g/mol. The first-order valence-corrected chi connectivity index (χ1v) is 17.6. The third-order valence-corrected chi connectivity index (χ3v) is 8.02. The van der Waals surface area contributed by atoms with E-state index in [1.807, 2.05) is 61.5 Å². The van der Waals surface area contributed by atoms with Crippen LogP contribution >= 0.6 is 0 Å². The van der Waals surface area contributed by atoms with Crippen molar-refractivity contribution in [3.8, 4) is 22.6 Å². The Bertz CT molecular complexity index is 2050. The second kappa shape index (κ2) is 18.9. The number of fused-ring (bicyclic) bond motifs is 1. The number of hydrogen-bond acceptors (Lipinski definition) is 7. The quantitative estimate of drug-likeness (QED) is 0.0626. The van der Waals surface area contributed by atoms with Gasteiger partial charge in [-0.15, -0.1) is 0 Å². The summed E-state index contributed by atoms with van der Waals surface area (Å²) in [6, 6.07) is 20.1. The zero-order chi connectivity index (χ0) is 39.3. The molecule has 0 saturated heterocycles. The average Bonchev–Trinajstić information content (AvgIpc) is 3.13. The predicted molar refractivity (Wildman–Crippen MR) is 213 cm³/mol. The minimum atomic E-state index is -1.15.